The van der Waals surface area contributed by atoms with Crippen molar-refractivity contribution in [2.45, 2.75) is 17.9 Å². The topological polar surface area (TPSA) is 101 Å². The van der Waals surface area contributed by atoms with Crippen LogP contribution < -0.4 is 15.8 Å². The average Bonchev–Trinajstić information content (AvgIpc) is 2.50. The predicted molar refractivity (Wildman–Crippen MR) is 90.9 cm³/mol. The van der Waals surface area contributed by atoms with Crippen LogP contribution in [0.25, 0.3) is 0 Å². The van der Waals surface area contributed by atoms with E-state index in [2.05, 4.69) is 10.6 Å². The van der Waals surface area contributed by atoms with Crippen molar-refractivity contribution in [2.75, 3.05) is 10.6 Å². The van der Waals surface area contributed by atoms with E-state index in [0.29, 0.717) is 11.4 Å². The number of hydrogen-bond acceptors (Lipinski definition) is 4. The summed E-state index contributed by atoms with van der Waals surface area (Å²) in [7, 11) is -3.78. The van der Waals surface area contributed by atoms with E-state index in [-0.39, 0.29) is 15.8 Å². The highest BCUT2D eigenvalue weighted by Gasteiger charge is 2.14. The molecule has 2 aromatic carbocycles. The summed E-state index contributed by atoms with van der Waals surface area (Å²) in [6.07, 6.45) is 0. The monoisotopic (exact) mass is 371 g/mol. The molecule has 0 aliphatic heterocycles. The Labute approximate surface area is 143 Å². The molecule has 2 rings (SSSR count). The Hall–Kier alpha value is -2.16. The van der Waals surface area contributed by atoms with Gasteiger partial charge in [-0.1, -0.05) is 11.6 Å². The minimum atomic E-state index is -3.78. The third-order valence-electron chi connectivity index (χ3n) is 3.15. The standard InChI is InChI=1S/C15H15ClFN3O3S/c1-9(19-11-4-7-14(17)13(16)8-11)15(21)20-10-2-5-12(6-3-10)24(18,22)23/h2-9,19H,1H3,(H,20,21)(H2,18,22,23)/t9-/m1/s1. The van der Waals surface area contributed by atoms with Crippen molar-refractivity contribution < 1.29 is 17.6 Å². The number of benzene rings is 2. The lowest BCUT2D eigenvalue weighted by atomic mass is 10.2. The van der Waals surface area contributed by atoms with Gasteiger partial charge in [0.25, 0.3) is 0 Å². The van der Waals surface area contributed by atoms with Crippen LogP contribution in [0, 0.1) is 5.82 Å². The second kappa shape index (κ2) is 7.16. The van der Waals surface area contributed by atoms with Crippen molar-refractivity contribution in [3.8, 4) is 0 Å². The maximum absolute atomic E-state index is 13.1. The summed E-state index contributed by atoms with van der Waals surface area (Å²) in [4.78, 5) is 12.1. The largest absolute Gasteiger partial charge is 0.374 e. The van der Waals surface area contributed by atoms with Gasteiger partial charge in [-0.25, -0.2) is 17.9 Å². The minimum absolute atomic E-state index is 0.0485. The molecule has 4 N–H and O–H groups in total. The van der Waals surface area contributed by atoms with Gasteiger partial charge in [0.2, 0.25) is 15.9 Å². The predicted octanol–water partition coefficient (Wildman–Crippen LogP) is 2.57. The lowest BCUT2D eigenvalue weighted by Crippen LogP contribution is -2.31. The van der Waals surface area contributed by atoms with Gasteiger partial charge in [0.05, 0.1) is 9.92 Å². The van der Waals surface area contributed by atoms with Crippen molar-refractivity contribution in [1.82, 2.24) is 0 Å². The molecule has 0 heterocycles. The number of sulfonamides is 1. The molecule has 24 heavy (non-hydrogen) atoms. The fraction of sp³-hybridized carbons (Fsp3) is 0.133. The first-order chi connectivity index (χ1) is 11.2. The molecule has 0 aliphatic carbocycles. The summed E-state index contributed by atoms with van der Waals surface area (Å²) in [6.45, 7) is 1.62. The first kappa shape index (κ1) is 18.2. The summed E-state index contributed by atoms with van der Waals surface area (Å²) in [6, 6.07) is 8.85. The molecule has 0 radical (unpaired) electrons. The van der Waals surface area contributed by atoms with E-state index in [1.165, 1.54) is 42.5 Å². The van der Waals surface area contributed by atoms with Crippen LogP contribution in [0.1, 0.15) is 6.92 Å². The number of carbonyl (C=O) groups excluding carboxylic acids is 1. The number of nitrogens with one attached hydrogen (secondary N) is 2. The maximum Gasteiger partial charge on any atom is 0.246 e. The molecule has 0 saturated carbocycles. The van der Waals surface area contributed by atoms with E-state index in [0.717, 1.165) is 0 Å². The van der Waals surface area contributed by atoms with Crippen LogP contribution >= 0.6 is 11.6 Å². The van der Waals surface area contributed by atoms with E-state index >= 15 is 0 Å². The first-order valence-electron chi connectivity index (χ1n) is 6.82. The van der Waals surface area contributed by atoms with E-state index in [1.807, 2.05) is 0 Å². The van der Waals surface area contributed by atoms with Crippen molar-refractivity contribution in [1.29, 1.82) is 0 Å². The van der Waals surface area contributed by atoms with Gasteiger partial charge in [-0.2, -0.15) is 0 Å². The van der Waals surface area contributed by atoms with E-state index in [1.54, 1.807) is 6.92 Å². The highest BCUT2D eigenvalue weighted by molar-refractivity contribution is 7.89. The van der Waals surface area contributed by atoms with Gasteiger partial charge in [-0.15, -0.1) is 0 Å². The maximum atomic E-state index is 13.1. The van der Waals surface area contributed by atoms with Crippen LogP contribution in [0.15, 0.2) is 47.4 Å². The molecule has 2 aromatic rings. The Kier molecular flexibility index (Phi) is 5.43. The van der Waals surface area contributed by atoms with E-state index in [9.17, 15) is 17.6 Å². The highest BCUT2D eigenvalue weighted by atomic mass is 35.5. The summed E-state index contributed by atoms with van der Waals surface area (Å²) in [5, 5.41) is 10.5. The van der Waals surface area contributed by atoms with Crippen LogP contribution in [0.3, 0.4) is 0 Å². The Morgan fingerprint density at radius 3 is 2.29 bits per heavy atom. The van der Waals surface area contributed by atoms with Crippen LogP contribution in [0.5, 0.6) is 0 Å². The van der Waals surface area contributed by atoms with Crippen molar-refractivity contribution in [3.05, 3.63) is 53.3 Å². The Bertz CT molecular complexity index is 857. The van der Waals surface area contributed by atoms with Crippen molar-refractivity contribution in [3.63, 3.8) is 0 Å². The number of rotatable bonds is 5. The fourth-order valence-corrected chi connectivity index (χ4v) is 2.58. The van der Waals surface area contributed by atoms with E-state index in [4.69, 9.17) is 16.7 Å². The van der Waals surface area contributed by atoms with Gasteiger partial charge in [-0.05, 0) is 49.4 Å². The number of anilines is 2. The number of halogens is 2. The van der Waals surface area contributed by atoms with Gasteiger partial charge < -0.3 is 10.6 Å². The van der Waals surface area contributed by atoms with Gasteiger partial charge in [0, 0.05) is 11.4 Å². The first-order valence-corrected chi connectivity index (χ1v) is 8.74. The van der Waals surface area contributed by atoms with Crippen LogP contribution in [0.4, 0.5) is 15.8 Å². The second-order valence-electron chi connectivity index (χ2n) is 5.05. The molecule has 0 aromatic heterocycles. The summed E-state index contributed by atoms with van der Waals surface area (Å²) in [5.41, 5.74) is 0.909. The lowest BCUT2D eigenvalue weighted by Gasteiger charge is -2.15. The molecule has 0 spiro atoms. The number of amides is 1. The molecule has 0 fully saturated rings. The van der Waals surface area contributed by atoms with Crippen LogP contribution in [0.2, 0.25) is 5.02 Å². The Morgan fingerprint density at radius 1 is 1.17 bits per heavy atom. The smallest absolute Gasteiger partial charge is 0.246 e. The number of nitrogens with two attached hydrogens (primary N) is 1. The van der Waals surface area contributed by atoms with Gasteiger partial charge in [0.1, 0.15) is 11.9 Å². The number of primary sulfonamides is 1. The molecule has 9 heteroatoms. The average molecular weight is 372 g/mol. The summed E-state index contributed by atoms with van der Waals surface area (Å²) in [5.74, 6) is -0.909. The third-order valence-corrected chi connectivity index (χ3v) is 4.37. The Balaban J connectivity index is 2.02. The van der Waals surface area contributed by atoms with Crippen LogP contribution in [-0.2, 0) is 14.8 Å². The second-order valence-corrected chi connectivity index (χ2v) is 7.02. The molecule has 0 unspecified atom stereocenters. The molecule has 1 amide bonds. The van der Waals surface area contributed by atoms with Crippen molar-refractivity contribution in [2.24, 2.45) is 5.14 Å². The number of hydrogen-bond donors (Lipinski definition) is 3. The zero-order valence-electron chi connectivity index (χ0n) is 12.6. The Morgan fingerprint density at radius 2 is 1.75 bits per heavy atom. The van der Waals surface area contributed by atoms with Gasteiger partial charge in [-0.3, -0.25) is 4.79 Å². The lowest BCUT2D eigenvalue weighted by molar-refractivity contribution is -0.116. The molecule has 6 nitrogen and oxygen atoms in total. The molecule has 0 saturated heterocycles. The van der Waals surface area contributed by atoms with Gasteiger partial charge in [0.15, 0.2) is 0 Å². The zero-order chi connectivity index (χ0) is 17.9. The zero-order valence-corrected chi connectivity index (χ0v) is 14.2. The van der Waals surface area contributed by atoms with E-state index < -0.39 is 21.9 Å². The van der Waals surface area contributed by atoms with Crippen LogP contribution in [-0.4, -0.2) is 20.4 Å². The highest BCUT2D eigenvalue weighted by Crippen LogP contribution is 2.20. The molecule has 1 atom stereocenters. The number of carbonyl (C=O) groups is 1. The van der Waals surface area contributed by atoms with Gasteiger partial charge >= 0.3 is 0 Å². The molecular weight excluding hydrogens is 357 g/mol. The fourth-order valence-electron chi connectivity index (χ4n) is 1.88. The summed E-state index contributed by atoms with van der Waals surface area (Å²) < 4.78 is 35.5. The normalized spacial score (nSPS) is 12.5. The molecule has 128 valence electrons. The molecular formula is C15H15ClFN3O3S. The quantitative estimate of drug-likeness (QED) is 0.751. The summed E-state index contributed by atoms with van der Waals surface area (Å²) >= 11 is 5.68. The molecule has 0 aliphatic rings. The third kappa shape index (κ3) is 4.67. The minimum Gasteiger partial charge on any atom is -0.374 e. The van der Waals surface area contributed by atoms with Crippen molar-refractivity contribution >= 4 is 38.9 Å². The molecule has 0 bridgehead atoms. The SMILES string of the molecule is C[C@@H](Nc1ccc(F)c(Cl)c1)C(=O)Nc1ccc(S(N)(=O)=O)cc1.